The van der Waals surface area contributed by atoms with Gasteiger partial charge < -0.3 is 11.1 Å². The fraction of sp³-hybridized carbons (Fsp3) is 0.632. The van der Waals surface area contributed by atoms with Gasteiger partial charge in [0.2, 0.25) is 5.91 Å². The minimum atomic E-state index is -0.651. The smallest absolute Gasteiger partial charge is 0.240 e. The molecular weight excluding hydrogens is 376 g/mol. The lowest BCUT2D eigenvalue weighted by Crippen LogP contribution is -2.53. The molecule has 1 amide bonds. The lowest BCUT2D eigenvalue weighted by Gasteiger charge is -2.33. The van der Waals surface area contributed by atoms with Crippen molar-refractivity contribution in [2.45, 2.75) is 50.6 Å². The van der Waals surface area contributed by atoms with Gasteiger partial charge in [0.15, 0.2) is 0 Å². The summed E-state index contributed by atoms with van der Waals surface area (Å²) in [6, 6.07) is 6.96. The zero-order valence-electron chi connectivity index (χ0n) is 15.1. The molecule has 26 heavy (non-hydrogen) atoms. The maximum absolute atomic E-state index is 13.8. The van der Waals surface area contributed by atoms with Crippen LogP contribution in [0, 0.1) is 11.7 Å². The van der Waals surface area contributed by atoms with E-state index in [1.54, 1.807) is 6.07 Å². The number of benzene rings is 1. The minimum Gasteiger partial charge on any atom is -0.354 e. The molecule has 1 saturated heterocycles. The van der Waals surface area contributed by atoms with E-state index in [1.165, 1.54) is 6.07 Å². The number of carbonyl (C=O) groups excluding carboxylic acids is 1. The monoisotopic (exact) mass is 405 g/mol. The van der Waals surface area contributed by atoms with Gasteiger partial charge in [-0.25, -0.2) is 4.39 Å². The van der Waals surface area contributed by atoms with Gasteiger partial charge in [0, 0.05) is 25.2 Å². The number of rotatable bonds is 5. The maximum Gasteiger partial charge on any atom is 0.240 e. The SMILES string of the molecule is Cl.Cl.NC1(C(=O)NCC2CCCN(Cc3ccccc3F)C2)CCCC1. The third-order valence-corrected chi connectivity index (χ3v) is 5.45. The summed E-state index contributed by atoms with van der Waals surface area (Å²) in [5.41, 5.74) is 6.29. The molecule has 7 heteroatoms. The van der Waals surface area contributed by atoms with Crippen molar-refractivity contribution in [3.63, 3.8) is 0 Å². The zero-order chi connectivity index (χ0) is 17.0. The van der Waals surface area contributed by atoms with E-state index in [0.29, 0.717) is 19.0 Å². The Morgan fingerprint density at radius 1 is 1.23 bits per heavy atom. The van der Waals surface area contributed by atoms with E-state index in [1.807, 2.05) is 12.1 Å². The fourth-order valence-corrected chi connectivity index (χ4v) is 3.98. The molecule has 1 atom stereocenters. The Hall–Kier alpha value is -0.880. The van der Waals surface area contributed by atoms with Crippen LogP contribution in [0.5, 0.6) is 0 Å². The van der Waals surface area contributed by atoms with E-state index >= 15 is 0 Å². The Morgan fingerprint density at radius 3 is 2.62 bits per heavy atom. The molecule has 2 fully saturated rings. The van der Waals surface area contributed by atoms with Crippen LogP contribution >= 0.6 is 24.8 Å². The van der Waals surface area contributed by atoms with Crippen LogP contribution in [0.15, 0.2) is 24.3 Å². The lowest BCUT2D eigenvalue weighted by atomic mass is 9.95. The molecule has 0 aromatic heterocycles. The van der Waals surface area contributed by atoms with Crippen molar-refractivity contribution in [1.29, 1.82) is 0 Å². The van der Waals surface area contributed by atoms with E-state index in [0.717, 1.165) is 57.2 Å². The third kappa shape index (κ3) is 5.81. The molecule has 0 spiro atoms. The van der Waals surface area contributed by atoms with Crippen LogP contribution in [0.4, 0.5) is 4.39 Å². The molecule has 1 saturated carbocycles. The van der Waals surface area contributed by atoms with Crippen LogP contribution < -0.4 is 11.1 Å². The highest BCUT2D eigenvalue weighted by molar-refractivity contribution is 5.86. The largest absolute Gasteiger partial charge is 0.354 e. The number of carbonyl (C=O) groups is 1. The Labute approximate surface area is 167 Å². The Morgan fingerprint density at radius 2 is 1.92 bits per heavy atom. The predicted molar refractivity (Wildman–Crippen MR) is 107 cm³/mol. The first kappa shape index (κ1) is 23.2. The summed E-state index contributed by atoms with van der Waals surface area (Å²) < 4.78 is 13.8. The summed E-state index contributed by atoms with van der Waals surface area (Å²) in [6.45, 7) is 3.19. The molecule has 148 valence electrons. The van der Waals surface area contributed by atoms with Crippen molar-refractivity contribution in [2.75, 3.05) is 19.6 Å². The summed E-state index contributed by atoms with van der Waals surface area (Å²) >= 11 is 0. The number of hydrogen-bond acceptors (Lipinski definition) is 3. The van der Waals surface area contributed by atoms with Crippen molar-refractivity contribution in [3.05, 3.63) is 35.6 Å². The van der Waals surface area contributed by atoms with E-state index in [-0.39, 0.29) is 36.5 Å². The van der Waals surface area contributed by atoms with Gasteiger partial charge in [0.1, 0.15) is 5.82 Å². The van der Waals surface area contributed by atoms with E-state index in [4.69, 9.17) is 5.73 Å². The Balaban J connectivity index is 0.00000169. The quantitative estimate of drug-likeness (QED) is 0.789. The number of nitrogens with zero attached hydrogens (tertiary/aromatic N) is 1. The second-order valence-electron chi connectivity index (χ2n) is 7.41. The van der Waals surface area contributed by atoms with Crippen LogP contribution in [0.2, 0.25) is 0 Å². The number of piperidine rings is 1. The molecule has 3 rings (SSSR count). The minimum absolute atomic E-state index is 0. The van der Waals surface area contributed by atoms with Crippen LogP contribution in [0.25, 0.3) is 0 Å². The van der Waals surface area contributed by atoms with Gasteiger partial charge in [-0.3, -0.25) is 9.69 Å². The molecule has 1 aromatic carbocycles. The highest BCUT2D eigenvalue weighted by Gasteiger charge is 2.37. The van der Waals surface area contributed by atoms with Crippen molar-refractivity contribution in [3.8, 4) is 0 Å². The van der Waals surface area contributed by atoms with Gasteiger partial charge >= 0.3 is 0 Å². The van der Waals surface area contributed by atoms with Gasteiger partial charge in [-0.1, -0.05) is 31.0 Å². The van der Waals surface area contributed by atoms with Crippen molar-refractivity contribution >= 4 is 30.7 Å². The van der Waals surface area contributed by atoms with Crippen molar-refractivity contribution < 1.29 is 9.18 Å². The standard InChI is InChI=1S/C19H28FN3O.2ClH/c20-17-8-2-1-7-16(17)14-23-11-5-6-15(13-23)12-22-18(24)19(21)9-3-4-10-19;;/h1-2,7-8,15H,3-6,9-14,21H2,(H,22,24);2*1H. The zero-order valence-corrected chi connectivity index (χ0v) is 16.7. The maximum atomic E-state index is 13.8. The summed E-state index contributed by atoms with van der Waals surface area (Å²) in [5, 5.41) is 3.07. The number of likely N-dealkylation sites (tertiary alicyclic amines) is 1. The normalized spacial score (nSPS) is 22.2. The molecule has 1 aliphatic carbocycles. The van der Waals surface area contributed by atoms with Crippen LogP contribution in [0.3, 0.4) is 0 Å². The predicted octanol–water partition coefficient (Wildman–Crippen LogP) is 3.27. The number of hydrogen-bond donors (Lipinski definition) is 2. The molecule has 1 aromatic rings. The Bertz CT molecular complexity index is 582. The number of nitrogens with one attached hydrogen (secondary N) is 1. The molecule has 2 aliphatic rings. The van der Waals surface area contributed by atoms with Crippen LogP contribution in [0.1, 0.15) is 44.1 Å². The summed E-state index contributed by atoms with van der Waals surface area (Å²) in [4.78, 5) is 14.6. The molecule has 1 unspecified atom stereocenters. The molecule has 1 aliphatic heterocycles. The molecule has 0 radical (unpaired) electrons. The van der Waals surface area contributed by atoms with Gasteiger partial charge in [-0.15, -0.1) is 24.8 Å². The fourth-order valence-electron chi connectivity index (χ4n) is 3.98. The molecule has 4 nitrogen and oxygen atoms in total. The number of nitrogens with two attached hydrogens (primary N) is 1. The van der Waals surface area contributed by atoms with Gasteiger partial charge in [0.05, 0.1) is 5.54 Å². The molecule has 3 N–H and O–H groups in total. The van der Waals surface area contributed by atoms with Crippen LogP contribution in [-0.4, -0.2) is 36.0 Å². The molecule has 1 heterocycles. The number of amides is 1. The van der Waals surface area contributed by atoms with E-state index in [2.05, 4.69) is 10.2 Å². The summed E-state index contributed by atoms with van der Waals surface area (Å²) in [6.07, 6.45) is 5.87. The average molecular weight is 406 g/mol. The van der Waals surface area contributed by atoms with Gasteiger partial charge in [-0.05, 0) is 44.2 Å². The first-order valence-electron chi connectivity index (χ1n) is 9.10. The van der Waals surface area contributed by atoms with Crippen molar-refractivity contribution in [1.82, 2.24) is 10.2 Å². The van der Waals surface area contributed by atoms with Crippen molar-refractivity contribution in [2.24, 2.45) is 11.7 Å². The highest BCUT2D eigenvalue weighted by atomic mass is 35.5. The summed E-state index contributed by atoms with van der Waals surface area (Å²) in [7, 11) is 0. The second kappa shape index (κ2) is 10.5. The third-order valence-electron chi connectivity index (χ3n) is 5.45. The Kier molecular flexibility index (Phi) is 9.31. The second-order valence-corrected chi connectivity index (χ2v) is 7.41. The van der Waals surface area contributed by atoms with Gasteiger partial charge in [0.25, 0.3) is 0 Å². The first-order valence-corrected chi connectivity index (χ1v) is 9.10. The summed E-state index contributed by atoms with van der Waals surface area (Å²) in [5.74, 6) is 0.282. The van der Waals surface area contributed by atoms with E-state index < -0.39 is 5.54 Å². The van der Waals surface area contributed by atoms with Gasteiger partial charge in [-0.2, -0.15) is 0 Å². The molecular formula is C19H30Cl2FN3O. The van der Waals surface area contributed by atoms with E-state index in [9.17, 15) is 9.18 Å². The number of halogens is 3. The highest BCUT2D eigenvalue weighted by Crippen LogP contribution is 2.27. The first-order chi connectivity index (χ1) is 11.6. The topological polar surface area (TPSA) is 58.4 Å². The van der Waals surface area contributed by atoms with Crippen LogP contribution in [-0.2, 0) is 11.3 Å². The lowest BCUT2D eigenvalue weighted by molar-refractivity contribution is -0.126. The average Bonchev–Trinajstić information content (AvgIpc) is 3.03. The molecule has 0 bridgehead atoms.